The van der Waals surface area contributed by atoms with Crippen LogP contribution in [-0.2, 0) is 9.53 Å². The highest BCUT2D eigenvalue weighted by Gasteiger charge is 2.16. The second-order valence-electron chi connectivity index (χ2n) is 4.35. The number of rotatable bonds is 4. The van der Waals surface area contributed by atoms with Gasteiger partial charge < -0.3 is 10.1 Å². The van der Waals surface area contributed by atoms with Crippen molar-refractivity contribution in [2.24, 2.45) is 0 Å². The summed E-state index contributed by atoms with van der Waals surface area (Å²) in [6.07, 6.45) is 3.63. The maximum absolute atomic E-state index is 11.7. The van der Waals surface area contributed by atoms with Gasteiger partial charge in [-0.3, -0.25) is 4.79 Å². The van der Waals surface area contributed by atoms with Gasteiger partial charge in [-0.05, 0) is 37.5 Å². The van der Waals surface area contributed by atoms with E-state index in [9.17, 15) is 4.79 Å². The maximum atomic E-state index is 11.7. The van der Waals surface area contributed by atoms with Crippen molar-refractivity contribution in [3.8, 4) is 0 Å². The predicted molar refractivity (Wildman–Crippen MR) is 73.3 cm³/mol. The SMILES string of the molecule is O=C(CC[C@@H]1CCCO1)Nc1ccc(Cl)c(Cl)c1. The lowest BCUT2D eigenvalue weighted by Gasteiger charge is -2.09. The molecule has 1 amide bonds. The van der Waals surface area contributed by atoms with E-state index < -0.39 is 0 Å². The molecular weight excluding hydrogens is 273 g/mol. The number of amides is 1. The molecular formula is C13H15Cl2NO2. The number of ether oxygens (including phenoxy) is 1. The molecule has 5 heteroatoms. The van der Waals surface area contributed by atoms with Crippen molar-refractivity contribution in [2.75, 3.05) is 11.9 Å². The molecule has 1 aliphatic heterocycles. The van der Waals surface area contributed by atoms with Gasteiger partial charge in [0.05, 0.1) is 16.1 Å². The number of benzene rings is 1. The van der Waals surface area contributed by atoms with Crippen LogP contribution >= 0.6 is 23.2 Å². The summed E-state index contributed by atoms with van der Waals surface area (Å²) >= 11 is 11.7. The van der Waals surface area contributed by atoms with Gasteiger partial charge in [0.15, 0.2) is 0 Å². The number of carbonyl (C=O) groups excluding carboxylic acids is 1. The summed E-state index contributed by atoms with van der Waals surface area (Å²) in [5, 5.41) is 3.72. The Bertz CT molecular complexity index is 431. The van der Waals surface area contributed by atoms with Gasteiger partial charge in [-0.2, -0.15) is 0 Å². The van der Waals surface area contributed by atoms with Crippen LogP contribution in [0.5, 0.6) is 0 Å². The summed E-state index contributed by atoms with van der Waals surface area (Å²) < 4.78 is 5.47. The van der Waals surface area contributed by atoms with Crippen molar-refractivity contribution in [3.63, 3.8) is 0 Å². The summed E-state index contributed by atoms with van der Waals surface area (Å²) in [4.78, 5) is 11.7. The molecule has 0 aliphatic carbocycles. The van der Waals surface area contributed by atoms with Crippen LogP contribution in [-0.4, -0.2) is 18.6 Å². The van der Waals surface area contributed by atoms with E-state index in [0.29, 0.717) is 22.2 Å². The zero-order valence-corrected chi connectivity index (χ0v) is 11.4. The molecule has 1 aliphatic rings. The van der Waals surface area contributed by atoms with Gasteiger partial charge in [-0.1, -0.05) is 23.2 Å². The smallest absolute Gasteiger partial charge is 0.224 e. The van der Waals surface area contributed by atoms with Crippen LogP contribution in [0.2, 0.25) is 10.0 Å². The molecule has 1 fully saturated rings. The summed E-state index contributed by atoms with van der Waals surface area (Å²) in [7, 11) is 0. The summed E-state index contributed by atoms with van der Waals surface area (Å²) in [5.41, 5.74) is 0.668. The van der Waals surface area contributed by atoms with Crippen molar-refractivity contribution < 1.29 is 9.53 Å². The number of carbonyl (C=O) groups is 1. The molecule has 0 bridgehead atoms. The molecule has 98 valence electrons. The number of anilines is 1. The average molecular weight is 288 g/mol. The summed E-state index contributed by atoms with van der Waals surface area (Å²) in [5.74, 6) is -0.0242. The van der Waals surface area contributed by atoms with Crippen LogP contribution in [0.3, 0.4) is 0 Å². The van der Waals surface area contributed by atoms with Crippen LogP contribution in [0.4, 0.5) is 5.69 Å². The number of hydrogen-bond acceptors (Lipinski definition) is 2. The van der Waals surface area contributed by atoms with Gasteiger partial charge in [-0.15, -0.1) is 0 Å². The van der Waals surface area contributed by atoms with E-state index in [2.05, 4.69) is 5.32 Å². The van der Waals surface area contributed by atoms with E-state index in [0.717, 1.165) is 25.9 Å². The normalized spacial score (nSPS) is 18.9. The molecule has 0 unspecified atom stereocenters. The lowest BCUT2D eigenvalue weighted by Crippen LogP contribution is -2.15. The Balaban J connectivity index is 1.80. The fourth-order valence-corrected chi connectivity index (χ4v) is 2.26. The monoisotopic (exact) mass is 287 g/mol. The summed E-state index contributed by atoms with van der Waals surface area (Å²) in [6.45, 7) is 0.819. The first kappa shape index (κ1) is 13.7. The second-order valence-corrected chi connectivity index (χ2v) is 5.17. The molecule has 0 spiro atoms. The van der Waals surface area contributed by atoms with E-state index in [1.165, 1.54) is 0 Å². The molecule has 1 saturated heterocycles. The molecule has 0 aromatic heterocycles. The Labute approximate surface area is 116 Å². The van der Waals surface area contributed by atoms with Crippen LogP contribution in [0.25, 0.3) is 0 Å². The molecule has 1 aromatic rings. The highest BCUT2D eigenvalue weighted by molar-refractivity contribution is 6.42. The van der Waals surface area contributed by atoms with Crippen LogP contribution in [0.15, 0.2) is 18.2 Å². The topological polar surface area (TPSA) is 38.3 Å². The van der Waals surface area contributed by atoms with Gasteiger partial charge in [0, 0.05) is 18.7 Å². The third-order valence-corrected chi connectivity index (χ3v) is 3.66. The van der Waals surface area contributed by atoms with E-state index in [1.807, 2.05) is 0 Å². The van der Waals surface area contributed by atoms with Crippen molar-refractivity contribution in [1.82, 2.24) is 0 Å². The largest absolute Gasteiger partial charge is 0.378 e. The van der Waals surface area contributed by atoms with Crippen molar-refractivity contribution in [2.45, 2.75) is 31.8 Å². The molecule has 2 rings (SSSR count). The standard InChI is InChI=1S/C13H15Cl2NO2/c14-11-5-3-9(8-12(11)15)16-13(17)6-4-10-2-1-7-18-10/h3,5,8,10H,1-2,4,6-7H2,(H,16,17)/t10-/m0/s1. The minimum Gasteiger partial charge on any atom is -0.378 e. The van der Waals surface area contributed by atoms with Crippen LogP contribution < -0.4 is 5.32 Å². The van der Waals surface area contributed by atoms with E-state index in [1.54, 1.807) is 18.2 Å². The Morgan fingerprint density at radius 3 is 2.89 bits per heavy atom. The predicted octanol–water partition coefficient (Wildman–Crippen LogP) is 3.89. The quantitative estimate of drug-likeness (QED) is 0.912. The molecule has 18 heavy (non-hydrogen) atoms. The number of hydrogen-bond donors (Lipinski definition) is 1. The lowest BCUT2D eigenvalue weighted by atomic mass is 10.1. The zero-order chi connectivity index (χ0) is 13.0. The molecule has 1 heterocycles. The van der Waals surface area contributed by atoms with Crippen molar-refractivity contribution in [1.29, 1.82) is 0 Å². The third kappa shape index (κ3) is 3.87. The fraction of sp³-hybridized carbons (Fsp3) is 0.462. The molecule has 0 saturated carbocycles. The fourth-order valence-electron chi connectivity index (χ4n) is 1.96. The van der Waals surface area contributed by atoms with Gasteiger partial charge >= 0.3 is 0 Å². The minimum atomic E-state index is -0.0242. The van der Waals surface area contributed by atoms with E-state index in [-0.39, 0.29) is 12.0 Å². The highest BCUT2D eigenvalue weighted by atomic mass is 35.5. The average Bonchev–Trinajstić information content (AvgIpc) is 2.84. The first-order valence-corrected chi connectivity index (χ1v) is 6.77. The molecule has 0 radical (unpaired) electrons. The molecule has 3 nitrogen and oxygen atoms in total. The first-order chi connectivity index (χ1) is 8.65. The maximum Gasteiger partial charge on any atom is 0.224 e. The second kappa shape index (κ2) is 6.41. The Hall–Kier alpha value is -0.770. The van der Waals surface area contributed by atoms with E-state index >= 15 is 0 Å². The molecule has 1 N–H and O–H groups in total. The van der Waals surface area contributed by atoms with Crippen molar-refractivity contribution in [3.05, 3.63) is 28.2 Å². The lowest BCUT2D eigenvalue weighted by molar-refractivity contribution is -0.116. The van der Waals surface area contributed by atoms with Gasteiger partial charge in [0.1, 0.15) is 0 Å². The first-order valence-electron chi connectivity index (χ1n) is 6.01. The molecule has 1 atom stereocenters. The third-order valence-electron chi connectivity index (χ3n) is 2.92. The van der Waals surface area contributed by atoms with Gasteiger partial charge in [-0.25, -0.2) is 0 Å². The number of halogens is 2. The zero-order valence-electron chi connectivity index (χ0n) is 9.92. The van der Waals surface area contributed by atoms with Crippen LogP contribution in [0, 0.1) is 0 Å². The molecule has 1 aromatic carbocycles. The van der Waals surface area contributed by atoms with Gasteiger partial charge in [0.25, 0.3) is 0 Å². The van der Waals surface area contributed by atoms with Gasteiger partial charge in [0.2, 0.25) is 5.91 Å². The Morgan fingerprint density at radius 1 is 1.39 bits per heavy atom. The minimum absolute atomic E-state index is 0.0242. The Kier molecular flexibility index (Phi) is 4.87. The highest BCUT2D eigenvalue weighted by Crippen LogP contribution is 2.25. The number of nitrogens with one attached hydrogen (secondary N) is 1. The van der Waals surface area contributed by atoms with E-state index in [4.69, 9.17) is 27.9 Å². The van der Waals surface area contributed by atoms with Crippen LogP contribution in [0.1, 0.15) is 25.7 Å². The summed E-state index contributed by atoms with van der Waals surface area (Å²) in [6, 6.07) is 5.05. The Morgan fingerprint density at radius 2 is 2.22 bits per heavy atom. The van der Waals surface area contributed by atoms with Crippen molar-refractivity contribution >= 4 is 34.8 Å².